The summed E-state index contributed by atoms with van der Waals surface area (Å²) in [5.41, 5.74) is 0.0817. The molecule has 0 spiro atoms. The molecule has 0 saturated carbocycles. The summed E-state index contributed by atoms with van der Waals surface area (Å²) >= 11 is 0. The van der Waals surface area contributed by atoms with Crippen LogP contribution >= 0.6 is 0 Å². The molecule has 2 atom stereocenters. The van der Waals surface area contributed by atoms with E-state index >= 15 is 0 Å². The van der Waals surface area contributed by atoms with Crippen LogP contribution in [-0.4, -0.2) is 29.4 Å². The first kappa shape index (κ1) is 15.0. The summed E-state index contributed by atoms with van der Waals surface area (Å²) in [6.45, 7) is 2.24. The monoisotopic (exact) mass is 259 g/mol. The van der Waals surface area contributed by atoms with Crippen molar-refractivity contribution >= 4 is 0 Å². The molecule has 18 heavy (non-hydrogen) atoms. The molecule has 0 aromatic heterocycles. The lowest BCUT2D eigenvalue weighted by atomic mass is 10.1. The minimum Gasteiger partial charge on any atom is -0.396 e. The number of hydrogen-bond donors (Lipinski definition) is 3. The average Bonchev–Trinajstić information content (AvgIpc) is 2.33. The summed E-state index contributed by atoms with van der Waals surface area (Å²) in [6, 6.07) is 3.25. The van der Waals surface area contributed by atoms with Gasteiger partial charge in [0.2, 0.25) is 0 Å². The molecule has 5 heteroatoms. The number of aliphatic hydroxyl groups is 2. The Morgan fingerprint density at radius 1 is 1.33 bits per heavy atom. The number of halogens is 2. The van der Waals surface area contributed by atoms with Crippen molar-refractivity contribution in [2.24, 2.45) is 0 Å². The van der Waals surface area contributed by atoms with Gasteiger partial charge in [0.05, 0.1) is 6.10 Å². The van der Waals surface area contributed by atoms with Crippen molar-refractivity contribution in [1.82, 2.24) is 5.32 Å². The van der Waals surface area contributed by atoms with Crippen LogP contribution in [0.3, 0.4) is 0 Å². The van der Waals surface area contributed by atoms with Gasteiger partial charge in [-0.1, -0.05) is 6.07 Å². The molecular weight excluding hydrogens is 240 g/mol. The average molecular weight is 259 g/mol. The molecule has 1 aromatic rings. The molecule has 0 radical (unpaired) electrons. The van der Waals surface area contributed by atoms with Crippen molar-refractivity contribution in [1.29, 1.82) is 0 Å². The van der Waals surface area contributed by atoms with E-state index in [9.17, 15) is 13.9 Å². The highest BCUT2D eigenvalue weighted by Crippen LogP contribution is 2.17. The Hall–Kier alpha value is -1.04. The van der Waals surface area contributed by atoms with Gasteiger partial charge in [0, 0.05) is 30.8 Å². The molecule has 0 aliphatic heterocycles. The molecule has 2 unspecified atom stereocenters. The van der Waals surface area contributed by atoms with E-state index in [1.54, 1.807) is 0 Å². The van der Waals surface area contributed by atoms with Gasteiger partial charge in [-0.05, 0) is 25.8 Å². The Balaban J connectivity index is 2.47. The van der Waals surface area contributed by atoms with Gasteiger partial charge in [-0.3, -0.25) is 0 Å². The smallest absolute Gasteiger partial charge is 0.131 e. The van der Waals surface area contributed by atoms with Gasteiger partial charge in [0.25, 0.3) is 0 Å². The van der Waals surface area contributed by atoms with Crippen molar-refractivity contribution in [3.8, 4) is 0 Å². The molecule has 1 aromatic carbocycles. The summed E-state index contributed by atoms with van der Waals surface area (Å²) in [5.74, 6) is -1.40. The molecule has 1 rings (SSSR count). The van der Waals surface area contributed by atoms with E-state index in [1.165, 1.54) is 6.07 Å². The largest absolute Gasteiger partial charge is 0.396 e. The van der Waals surface area contributed by atoms with Crippen LogP contribution in [0, 0.1) is 11.6 Å². The Kier molecular flexibility index (Phi) is 6.18. The first-order valence-electron chi connectivity index (χ1n) is 6.02. The zero-order valence-corrected chi connectivity index (χ0v) is 10.4. The maximum atomic E-state index is 13.4. The quantitative estimate of drug-likeness (QED) is 0.699. The summed E-state index contributed by atoms with van der Waals surface area (Å²) < 4.78 is 26.1. The third-order valence-electron chi connectivity index (χ3n) is 2.78. The van der Waals surface area contributed by atoms with Gasteiger partial charge in [0.15, 0.2) is 0 Å². The number of hydrogen-bond acceptors (Lipinski definition) is 3. The Morgan fingerprint density at radius 2 is 2.06 bits per heavy atom. The Labute approximate surface area is 105 Å². The topological polar surface area (TPSA) is 52.5 Å². The second kappa shape index (κ2) is 7.41. The van der Waals surface area contributed by atoms with E-state index in [0.717, 1.165) is 18.6 Å². The number of nitrogens with one attached hydrogen (secondary N) is 1. The maximum Gasteiger partial charge on any atom is 0.131 e. The third kappa shape index (κ3) is 4.68. The highest BCUT2D eigenvalue weighted by molar-refractivity contribution is 5.21. The van der Waals surface area contributed by atoms with Crippen molar-refractivity contribution in [3.05, 3.63) is 35.4 Å². The molecule has 0 fully saturated rings. The minimum atomic E-state index is -1.01. The van der Waals surface area contributed by atoms with Gasteiger partial charge in [-0.2, -0.15) is 0 Å². The van der Waals surface area contributed by atoms with Crippen LogP contribution in [0.2, 0.25) is 0 Å². The van der Waals surface area contributed by atoms with Crippen molar-refractivity contribution < 1.29 is 19.0 Å². The van der Waals surface area contributed by atoms with E-state index in [4.69, 9.17) is 5.11 Å². The van der Waals surface area contributed by atoms with Crippen LogP contribution in [-0.2, 0) is 0 Å². The summed E-state index contributed by atoms with van der Waals surface area (Å²) in [7, 11) is 0. The van der Waals surface area contributed by atoms with E-state index in [1.807, 2.05) is 6.92 Å². The fraction of sp³-hybridized carbons (Fsp3) is 0.538. The zero-order chi connectivity index (χ0) is 13.5. The van der Waals surface area contributed by atoms with Crippen LogP contribution in [0.15, 0.2) is 18.2 Å². The summed E-state index contributed by atoms with van der Waals surface area (Å²) in [6.07, 6.45) is 0.437. The molecule has 0 amide bonds. The summed E-state index contributed by atoms with van der Waals surface area (Å²) in [4.78, 5) is 0. The normalized spacial score (nSPS) is 14.5. The standard InChI is InChI=1S/C13H19F2NO2/c1-9(3-2-6-17)16-8-13(18)11-5-4-10(14)7-12(11)15/h4-5,7,9,13,16-18H,2-3,6,8H2,1H3. The molecule has 0 saturated heterocycles. The van der Waals surface area contributed by atoms with E-state index in [0.29, 0.717) is 6.42 Å². The van der Waals surface area contributed by atoms with Crippen LogP contribution in [0.4, 0.5) is 8.78 Å². The van der Waals surface area contributed by atoms with Crippen LogP contribution in [0.5, 0.6) is 0 Å². The first-order chi connectivity index (χ1) is 8.54. The molecule has 102 valence electrons. The molecule has 3 nitrogen and oxygen atoms in total. The molecule has 3 N–H and O–H groups in total. The molecule has 0 aliphatic rings. The van der Waals surface area contributed by atoms with Gasteiger partial charge in [-0.25, -0.2) is 8.78 Å². The van der Waals surface area contributed by atoms with Crippen molar-refractivity contribution in [2.75, 3.05) is 13.2 Å². The predicted octanol–water partition coefficient (Wildman–Crippen LogP) is 1.75. The van der Waals surface area contributed by atoms with Gasteiger partial charge >= 0.3 is 0 Å². The second-order valence-electron chi connectivity index (χ2n) is 4.36. The predicted molar refractivity (Wildman–Crippen MR) is 65.1 cm³/mol. The van der Waals surface area contributed by atoms with E-state index in [-0.39, 0.29) is 24.8 Å². The molecular formula is C13H19F2NO2. The lowest BCUT2D eigenvalue weighted by molar-refractivity contribution is 0.164. The fourth-order valence-corrected chi connectivity index (χ4v) is 1.69. The number of aliphatic hydroxyl groups excluding tert-OH is 2. The number of benzene rings is 1. The second-order valence-corrected chi connectivity index (χ2v) is 4.36. The van der Waals surface area contributed by atoms with Crippen LogP contribution in [0.25, 0.3) is 0 Å². The molecule has 0 heterocycles. The lowest BCUT2D eigenvalue weighted by Gasteiger charge is -2.17. The van der Waals surface area contributed by atoms with E-state index in [2.05, 4.69) is 5.32 Å². The van der Waals surface area contributed by atoms with Crippen molar-refractivity contribution in [2.45, 2.75) is 31.9 Å². The van der Waals surface area contributed by atoms with Crippen LogP contribution in [0.1, 0.15) is 31.4 Å². The minimum absolute atomic E-state index is 0.0817. The maximum absolute atomic E-state index is 13.4. The Bertz CT molecular complexity index is 374. The lowest BCUT2D eigenvalue weighted by Crippen LogP contribution is -2.30. The fourth-order valence-electron chi connectivity index (χ4n) is 1.69. The Morgan fingerprint density at radius 3 is 2.67 bits per heavy atom. The zero-order valence-electron chi connectivity index (χ0n) is 10.4. The van der Waals surface area contributed by atoms with Crippen molar-refractivity contribution in [3.63, 3.8) is 0 Å². The highest BCUT2D eigenvalue weighted by atomic mass is 19.1. The van der Waals surface area contributed by atoms with Gasteiger partial charge in [-0.15, -0.1) is 0 Å². The summed E-state index contributed by atoms with van der Waals surface area (Å²) in [5, 5.41) is 21.5. The SMILES string of the molecule is CC(CCCO)NCC(O)c1ccc(F)cc1F. The third-order valence-corrected chi connectivity index (χ3v) is 2.78. The molecule has 0 aliphatic carbocycles. The van der Waals surface area contributed by atoms with Crippen LogP contribution < -0.4 is 5.32 Å². The molecule has 0 bridgehead atoms. The highest BCUT2D eigenvalue weighted by Gasteiger charge is 2.14. The van der Waals surface area contributed by atoms with E-state index < -0.39 is 17.7 Å². The van der Waals surface area contributed by atoms with Gasteiger partial charge in [0.1, 0.15) is 11.6 Å². The first-order valence-corrected chi connectivity index (χ1v) is 6.02. The van der Waals surface area contributed by atoms with Gasteiger partial charge < -0.3 is 15.5 Å². The number of rotatable bonds is 7.